The number of carbonyl (C=O) groups is 1. The summed E-state index contributed by atoms with van der Waals surface area (Å²) < 4.78 is 0. The molecule has 12 heavy (non-hydrogen) atoms. The van der Waals surface area contributed by atoms with Crippen molar-refractivity contribution in [3.05, 3.63) is 0 Å². The first-order chi connectivity index (χ1) is 5.54. The number of carbonyl (C=O) groups excluding carboxylic acids is 1. The zero-order valence-electron chi connectivity index (χ0n) is 7.56. The summed E-state index contributed by atoms with van der Waals surface area (Å²) in [6.07, 6.45) is 0. The molecule has 0 saturated heterocycles. The van der Waals surface area contributed by atoms with Gasteiger partial charge in [-0.05, 0) is 20.8 Å². The second kappa shape index (κ2) is 4.41. The Bertz CT molecular complexity index is 262. The molecule has 0 aromatic carbocycles. The predicted molar refractivity (Wildman–Crippen MR) is 45.9 cm³/mol. The van der Waals surface area contributed by atoms with Crippen LogP contribution >= 0.6 is 0 Å². The van der Waals surface area contributed by atoms with Gasteiger partial charge in [-0.2, -0.15) is 5.26 Å². The molecule has 0 saturated carbocycles. The number of hydrogen-bond donors (Lipinski definition) is 1. The lowest BCUT2D eigenvalue weighted by Gasteiger charge is -2.12. The van der Waals surface area contributed by atoms with Gasteiger partial charge in [0.05, 0.1) is 12.6 Å². The van der Waals surface area contributed by atoms with Gasteiger partial charge in [0.15, 0.2) is 0 Å². The van der Waals surface area contributed by atoms with Crippen molar-refractivity contribution >= 4 is 5.91 Å². The van der Waals surface area contributed by atoms with Gasteiger partial charge < -0.3 is 5.32 Å². The molecule has 0 rings (SSSR count). The summed E-state index contributed by atoms with van der Waals surface area (Å²) >= 11 is 0. The first-order valence-electron chi connectivity index (χ1n) is 3.63. The molecule has 1 amide bonds. The Hall–Kier alpha value is -1.48. The molecule has 0 fully saturated rings. The molecule has 0 aromatic rings. The summed E-state index contributed by atoms with van der Waals surface area (Å²) in [6, 6.07) is 1.91. The summed E-state index contributed by atoms with van der Waals surface area (Å²) in [4.78, 5) is 11.2. The highest BCUT2D eigenvalue weighted by molar-refractivity contribution is 5.84. The van der Waals surface area contributed by atoms with Crippen molar-refractivity contribution in [3.8, 4) is 17.9 Å². The van der Waals surface area contributed by atoms with Crippen molar-refractivity contribution in [2.45, 2.75) is 20.8 Å². The average Bonchev–Trinajstić information content (AvgIpc) is 2.05. The van der Waals surface area contributed by atoms with Crippen LogP contribution in [0.15, 0.2) is 0 Å². The Morgan fingerprint density at radius 3 is 2.58 bits per heavy atom. The Morgan fingerprint density at radius 1 is 1.58 bits per heavy atom. The third-order valence-corrected chi connectivity index (χ3v) is 1.36. The maximum Gasteiger partial charge on any atom is 0.240 e. The third-order valence-electron chi connectivity index (χ3n) is 1.36. The lowest BCUT2D eigenvalue weighted by Crippen LogP contribution is -2.36. The maximum atomic E-state index is 11.2. The van der Waals surface area contributed by atoms with E-state index in [2.05, 4.69) is 17.2 Å². The zero-order chi connectivity index (χ0) is 9.61. The van der Waals surface area contributed by atoms with E-state index in [9.17, 15) is 4.79 Å². The van der Waals surface area contributed by atoms with E-state index in [4.69, 9.17) is 5.26 Å². The monoisotopic (exact) mass is 164 g/mol. The smallest absolute Gasteiger partial charge is 0.240 e. The van der Waals surface area contributed by atoms with E-state index in [1.807, 2.05) is 6.07 Å². The normalized spacial score (nSPS) is 9.17. The van der Waals surface area contributed by atoms with Gasteiger partial charge in [-0.25, -0.2) is 0 Å². The van der Waals surface area contributed by atoms with E-state index in [0.717, 1.165) is 0 Å². The molecule has 1 N–H and O–H groups in total. The van der Waals surface area contributed by atoms with Crippen LogP contribution < -0.4 is 5.32 Å². The number of nitriles is 1. The highest BCUT2D eigenvalue weighted by Gasteiger charge is 2.26. The molecule has 64 valence electrons. The van der Waals surface area contributed by atoms with Crippen LogP contribution in [-0.4, -0.2) is 12.5 Å². The first kappa shape index (κ1) is 10.5. The molecule has 0 aliphatic carbocycles. The van der Waals surface area contributed by atoms with Gasteiger partial charge >= 0.3 is 0 Å². The molecule has 0 unspecified atom stereocenters. The summed E-state index contributed by atoms with van der Waals surface area (Å²) in [7, 11) is 0. The van der Waals surface area contributed by atoms with Crippen molar-refractivity contribution in [1.82, 2.24) is 5.32 Å². The predicted octanol–water partition coefficient (Wildman–Crippen LogP) is 0.676. The highest BCUT2D eigenvalue weighted by atomic mass is 16.2. The number of nitrogens with zero attached hydrogens (tertiary/aromatic N) is 1. The van der Waals surface area contributed by atoms with E-state index in [1.165, 1.54) is 0 Å². The maximum absolute atomic E-state index is 11.2. The van der Waals surface area contributed by atoms with Crippen LogP contribution in [0.1, 0.15) is 20.8 Å². The van der Waals surface area contributed by atoms with Crippen LogP contribution in [0.25, 0.3) is 0 Å². The van der Waals surface area contributed by atoms with Gasteiger partial charge in [-0.1, -0.05) is 5.92 Å². The molecule has 3 heteroatoms. The van der Waals surface area contributed by atoms with E-state index in [-0.39, 0.29) is 5.91 Å². The molecular formula is C9H12N2O. The van der Waals surface area contributed by atoms with E-state index >= 15 is 0 Å². The molecule has 0 radical (unpaired) electrons. The standard InChI is InChI=1S/C9H12N2O/c1-4-5-6-11-8(12)9(2,3)7-10/h6H2,1-3H3,(H,11,12). The number of amides is 1. The molecule has 0 heterocycles. The van der Waals surface area contributed by atoms with Crippen LogP contribution in [0.3, 0.4) is 0 Å². The molecular weight excluding hydrogens is 152 g/mol. The minimum absolute atomic E-state index is 0.284. The molecule has 0 aliphatic heterocycles. The van der Waals surface area contributed by atoms with Crippen LogP contribution in [-0.2, 0) is 4.79 Å². The van der Waals surface area contributed by atoms with Crippen LogP contribution in [0.5, 0.6) is 0 Å². The average molecular weight is 164 g/mol. The largest absolute Gasteiger partial charge is 0.344 e. The minimum atomic E-state index is -0.963. The first-order valence-corrected chi connectivity index (χ1v) is 3.63. The van der Waals surface area contributed by atoms with Crippen molar-refractivity contribution in [2.24, 2.45) is 5.41 Å². The summed E-state index contributed by atoms with van der Waals surface area (Å²) in [5.41, 5.74) is -0.963. The Balaban J connectivity index is 4.04. The Morgan fingerprint density at radius 2 is 2.17 bits per heavy atom. The van der Waals surface area contributed by atoms with Gasteiger partial charge in [0.25, 0.3) is 0 Å². The topological polar surface area (TPSA) is 52.9 Å². The quantitative estimate of drug-likeness (QED) is 0.610. The Kier molecular flexibility index (Phi) is 3.86. The van der Waals surface area contributed by atoms with Gasteiger partial charge in [0.1, 0.15) is 5.41 Å². The minimum Gasteiger partial charge on any atom is -0.344 e. The summed E-state index contributed by atoms with van der Waals surface area (Å²) in [6.45, 7) is 5.14. The van der Waals surface area contributed by atoms with Gasteiger partial charge in [-0.15, -0.1) is 5.92 Å². The molecule has 0 bridgehead atoms. The van der Waals surface area contributed by atoms with Gasteiger partial charge in [-0.3, -0.25) is 4.79 Å². The lowest BCUT2D eigenvalue weighted by atomic mass is 9.95. The van der Waals surface area contributed by atoms with Crippen molar-refractivity contribution in [2.75, 3.05) is 6.54 Å². The molecule has 0 spiro atoms. The number of hydrogen-bond acceptors (Lipinski definition) is 2. The SMILES string of the molecule is CC#CCNC(=O)C(C)(C)C#N. The van der Waals surface area contributed by atoms with Crippen LogP contribution in [0.2, 0.25) is 0 Å². The highest BCUT2D eigenvalue weighted by Crippen LogP contribution is 2.11. The summed E-state index contributed by atoms with van der Waals surface area (Å²) in [5, 5.41) is 11.1. The fourth-order valence-corrected chi connectivity index (χ4v) is 0.485. The van der Waals surface area contributed by atoms with Gasteiger partial charge in [0, 0.05) is 0 Å². The van der Waals surface area contributed by atoms with E-state index in [1.54, 1.807) is 20.8 Å². The molecule has 0 aliphatic rings. The van der Waals surface area contributed by atoms with Gasteiger partial charge in [0.2, 0.25) is 5.91 Å². The number of nitrogens with one attached hydrogen (secondary N) is 1. The molecule has 3 nitrogen and oxygen atoms in total. The van der Waals surface area contributed by atoms with Crippen LogP contribution in [0, 0.1) is 28.6 Å². The third kappa shape index (κ3) is 3.07. The van der Waals surface area contributed by atoms with E-state index in [0.29, 0.717) is 6.54 Å². The van der Waals surface area contributed by atoms with Crippen molar-refractivity contribution in [3.63, 3.8) is 0 Å². The second-order valence-corrected chi connectivity index (χ2v) is 2.85. The lowest BCUT2D eigenvalue weighted by molar-refractivity contribution is -0.126. The van der Waals surface area contributed by atoms with Crippen molar-refractivity contribution < 1.29 is 4.79 Å². The zero-order valence-corrected chi connectivity index (χ0v) is 7.56. The number of rotatable bonds is 2. The molecule has 0 atom stereocenters. The molecule has 0 aromatic heterocycles. The Labute approximate surface area is 72.8 Å². The van der Waals surface area contributed by atoms with E-state index < -0.39 is 5.41 Å². The van der Waals surface area contributed by atoms with Crippen molar-refractivity contribution in [1.29, 1.82) is 5.26 Å². The fourth-order valence-electron chi connectivity index (χ4n) is 0.485. The summed E-state index contributed by atoms with van der Waals surface area (Å²) in [5.74, 6) is 5.04. The van der Waals surface area contributed by atoms with Crippen LogP contribution in [0.4, 0.5) is 0 Å². The fraction of sp³-hybridized carbons (Fsp3) is 0.556. The second-order valence-electron chi connectivity index (χ2n) is 2.85.